The average Bonchev–Trinajstić information content (AvgIpc) is 2.93. The van der Waals surface area contributed by atoms with Gasteiger partial charge in [0.2, 0.25) is 0 Å². The lowest BCUT2D eigenvalue weighted by Crippen LogP contribution is -2.26. The van der Waals surface area contributed by atoms with Crippen LogP contribution in [0.3, 0.4) is 0 Å². The van der Waals surface area contributed by atoms with Crippen molar-refractivity contribution in [1.82, 2.24) is 5.16 Å². The molecule has 1 saturated heterocycles. The van der Waals surface area contributed by atoms with E-state index in [1.54, 1.807) is 13.8 Å². The number of para-hydroxylation sites is 2. The van der Waals surface area contributed by atoms with E-state index in [4.69, 9.17) is 14.0 Å². The topological polar surface area (TPSA) is 73.6 Å². The van der Waals surface area contributed by atoms with Gasteiger partial charge in [0.05, 0.1) is 17.5 Å². The molecule has 1 aliphatic rings. The minimum atomic E-state index is -0.254. The molecule has 1 unspecified atom stereocenters. The molecule has 1 aliphatic heterocycles. The summed E-state index contributed by atoms with van der Waals surface area (Å²) in [4.78, 5) is 12.5. The normalized spacial score (nSPS) is 17.5. The van der Waals surface area contributed by atoms with Crippen LogP contribution in [0.5, 0.6) is 5.75 Å². The van der Waals surface area contributed by atoms with Crippen molar-refractivity contribution in [3.63, 3.8) is 0 Å². The molecule has 3 rings (SSSR count). The number of nitrogens with one attached hydrogen (secondary N) is 1. The van der Waals surface area contributed by atoms with E-state index >= 15 is 0 Å². The maximum atomic E-state index is 12.5. The molecule has 0 bridgehead atoms. The van der Waals surface area contributed by atoms with Gasteiger partial charge in [-0.3, -0.25) is 4.79 Å². The third-order valence-electron chi connectivity index (χ3n) is 4.09. The Balaban J connectivity index is 1.68. The van der Waals surface area contributed by atoms with Crippen molar-refractivity contribution in [2.75, 3.05) is 18.5 Å². The smallest absolute Gasteiger partial charge is 0.261 e. The van der Waals surface area contributed by atoms with E-state index in [1.165, 1.54) is 6.42 Å². The highest BCUT2D eigenvalue weighted by Gasteiger charge is 2.19. The molecule has 1 aromatic heterocycles. The van der Waals surface area contributed by atoms with Crippen LogP contribution in [0, 0.1) is 13.8 Å². The summed E-state index contributed by atoms with van der Waals surface area (Å²) in [6.07, 6.45) is 3.40. The van der Waals surface area contributed by atoms with Gasteiger partial charge < -0.3 is 19.3 Å². The summed E-state index contributed by atoms with van der Waals surface area (Å²) < 4.78 is 16.6. The number of anilines is 1. The van der Waals surface area contributed by atoms with E-state index in [1.807, 2.05) is 24.3 Å². The first-order valence-electron chi connectivity index (χ1n) is 8.23. The highest BCUT2D eigenvalue weighted by atomic mass is 16.5. The van der Waals surface area contributed by atoms with Gasteiger partial charge in [0.25, 0.3) is 5.91 Å². The Bertz CT molecular complexity index is 685. The van der Waals surface area contributed by atoms with E-state index in [0.29, 0.717) is 35.1 Å². The summed E-state index contributed by atoms with van der Waals surface area (Å²) in [6.45, 7) is 4.74. The van der Waals surface area contributed by atoms with Gasteiger partial charge in [0.1, 0.15) is 23.7 Å². The van der Waals surface area contributed by atoms with Crippen molar-refractivity contribution < 1.29 is 18.8 Å². The first kappa shape index (κ1) is 16.5. The summed E-state index contributed by atoms with van der Waals surface area (Å²) in [5, 5.41) is 6.69. The Kier molecular flexibility index (Phi) is 5.15. The molecule has 2 heterocycles. The zero-order chi connectivity index (χ0) is 16.9. The zero-order valence-electron chi connectivity index (χ0n) is 14.0. The monoisotopic (exact) mass is 330 g/mol. The summed E-state index contributed by atoms with van der Waals surface area (Å²) in [7, 11) is 0. The Labute approximate surface area is 141 Å². The minimum Gasteiger partial charge on any atom is -0.489 e. The number of hydrogen-bond acceptors (Lipinski definition) is 5. The Morgan fingerprint density at radius 3 is 2.88 bits per heavy atom. The van der Waals surface area contributed by atoms with Crippen molar-refractivity contribution in [3.8, 4) is 5.75 Å². The first-order chi connectivity index (χ1) is 11.6. The third-order valence-corrected chi connectivity index (χ3v) is 4.09. The molecule has 0 spiro atoms. The summed E-state index contributed by atoms with van der Waals surface area (Å²) in [5.41, 5.74) is 1.65. The largest absolute Gasteiger partial charge is 0.489 e. The third kappa shape index (κ3) is 3.76. The van der Waals surface area contributed by atoms with Gasteiger partial charge in [0.15, 0.2) is 0 Å². The fraction of sp³-hybridized carbons (Fsp3) is 0.444. The molecule has 0 aliphatic carbocycles. The van der Waals surface area contributed by atoms with E-state index in [2.05, 4.69) is 10.5 Å². The van der Waals surface area contributed by atoms with Crippen LogP contribution < -0.4 is 10.1 Å². The Hall–Kier alpha value is -2.34. The van der Waals surface area contributed by atoms with Gasteiger partial charge >= 0.3 is 0 Å². The highest BCUT2D eigenvalue weighted by Crippen LogP contribution is 2.26. The molecule has 1 amide bonds. The molecule has 0 radical (unpaired) electrons. The van der Waals surface area contributed by atoms with Crippen LogP contribution in [0.15, 0.2) is 28.8 Å². The Morgan fingerprint density at radius 2 is 2.17 bits per heavy atom. The molecule has 6 nitrogen and oxygen atoms in total. The molecular weight excluding hydrogens is 308 g/mol. The summed E-state index contributed by atoms with van der Waals surface area (Å²) >= 11 is 0. The maximum Gasteiger partial charge on any atom is 0.261 e. The van der Waals surface area contributed by atoms with E-state index in [9.17, 15) is 4.79 Å². The SMILES string of the molecule is Cc1noc(C)c1C(=O)Nc1ccccc1OCC1CCCCO1. The predicted octanol–water partition coefficient (Wildman–Crippen LogP) is 3.49. The lowest BCUT2D eigenvalue weighted by molar-refractivity contribution is -0.0109. The van der Waals surface area contributed by atoms with Gasteiger partial charge in [-0.25, -0.2) is 0 Å². The molecule has 1 atom stereocenters. The van der Waals surface area contributed by atoms with Crippen LogP contribution in [-0.2, 0) is 4.74 Å². The lowest BCUT2D eigenvalue weighted by Gasteiger charge is -2.23. The van der Waals surface area contributed by atoms with Crippen LogP contribution in [0.4, 0.5) is 5.69 Å². The van der Waals surface area contributed by atoms with Crippen molar-refractivity contribution in [3.05, 3.63) is 41.3 Å². The maximum absolute atomic E-state index is 12.5. The predicted molar refractivity (Wildman–Crippen MR) is 89.5 cm³/mol. The summed E-state index contributed by atoms with van der Waals surface area (Å²) in [5.74, 6) is 0.877. The van der Waals surface area contributed by atoms with Crippen LogP contribution in [0.1, 0.15) is 41.1 Å². The fourth-order valence-corrected chi connectivity index (χ4v) is 2.81. The van der Waals surface area contributed by atoms with Gasteiger partial charge in [-0.2, -0.15) is 0 Å². The average molecular weight is 330 g/mol. The fourth-order valence-electron chi connectivity index (χ4n) is 2.81. The molecule has 24 heavy (non-hydrogen) atoms. The number of aromatic nitrogens is 1. The zero-order valence-corrected chi connectivity index (χ0v) is 14.0. The van der Waals surface area contributed by atoms with Crippen LogP contribution >= 0.6 is 0 Å². The van der Waals surface area contributed by atoms with Gasteiger partial charge in [-0.05, 0) is 45.2 Å². The number of carbonyl (C=O) groups excluding carboxylic acids is 1. The van der Waals surface area contributed by atoms with Crippen molar-refractivity contribution in [1.29, 1.82) is 0 Å². The lowest BCUT2D eigenvalue weighted by atomic mass is 10.1. The number of rotatable bonds is 5. The van der Waals surface area contributed by atoms with Crippen molar-refractivity contribution >= 4 is 11.6 Å². The molecule has 0 saturated carbocycles. The molecule has 1 aromatic carbocycles. The number of hydrogen-bond donors (Lipinski definition) is 1. The second-order valence-corrected chi connectivity index (χ2v) is 5.95. The molecule has 2 aromatic rings. The van der Waals surface area contributed by atoms with E-state index < -0.39 is 0 Å². The standard InChI is InChI=1S/C18H22N2O4/c1-12-17(13(2)24-20-12)18(21)19-15-8-3-4-9-16(15)23-11-14-7-5-6-10-22-14/h3-4,8-9,14H,5-7,10-11H2,1-2H3,(H,19,21). The van der Waals surface area contributed by atoms with Crippen LogP contribution in [-0.4, -0.2) is 30.4 Å². The number of nitrogens with zero attached hydrogens (tertiary/aromatic N) is 1. The number of ether oxygens (including phenoxy) is 2. The second-order valence-electron chi connectivity index (χ2n) is 5.95. The van der Waals surface area contributed by atoms with Gasteiger partial charge in [0, 0.05) is 6.61 Å². The second kappa shape index (κ2) is 7.49. The molecule has 1 fully saturated rings. The quantitative estimate of drug-likeness (QED) is 0.908. The van der Waals surface area contributed by atoms with Gasteiger partial charge in [-0.15, -0.1) is 0 Å². The summed E-state index contributed by atoms with van der Waals surface area (Å²) in [6, 6.07) is 7.38. The van der Waals surface area contributed by atoms with E-state index in [-0.39, 0.29) is 12.0 Å². The number of amides is 1. The van der Waals surface area contributed by atoms with Crippen molar-refractivity contribution in [2.45, 2.75) is 39.2 Å². The Morgan fingerprint density at radius 1 is 1.33 bits per heavy atom. The van der Waals surface area contributed by atoms with Crippen LogP contribution in [0.2, 0.25) is 0 Å². The van der Waals surface area contributed by atoms with Crippen molar-refractivity contribution in [2.24, 2.45) is 0 Å². The minimum absolute atomic E-state index is 0.116. The van der Waals surface area contributed by atoms with Gasteiger partial charge in [-0.1, -0.05) is 17.3 Å². The number of aryl methyl sites for hydroxylation is 2. The first-order valence-corrected chi connectivity index (χ1v) is 8.23. The molecule has 1 N–H and O–H groups in total. The molecule has 128 valence electrons. The molecular formula is C18H22N2O4. The molecule has 6 heteroatoms. The van der Waals surface area contributed by atoms with Crippen LogP contribution in [0.25, 0.3) is 0 Å². The van der Waals surface area contributed by atoms with E-state index in [0.717, 1.165) is 19.4 Å². The number of carbonyl (C=O) groups is 1. The number of benzene rings is 1. The highest BCUT2D eigenvalue weighted by molar-refractivity contribution is 6.06.